The summed E-state index contributed by atoms with van der Waals surface area (Å²) in [6.07, 6.45) is -0.0900. The summed E-state index contributed by atoms with van der Waals surface area (Å²) in [7, 11) is 0. The number of hydroxylamine groups is 1. The molecule has 16 heavy (non-hydrogen) atoms. The number of carbonyl (C=O) groups excluding carboxylic acids is 1. The zero-order valence-electron chi connectivity index (χ0n) is 8.41. The van der Waals surface area contributed by atoms with Gasteiger partial charge in [-0.25, -0.2) is 4.84 Å². The second kappa shape index (κ2) is 3.89. The Morgan fingerprint density at radius 1 is 1.44 bits per heavy atom. The molecule has 6 heteroatoms. The summed E-state index contributed by atoms with van der Waals surface area (Å²) in [6.45, 7) is 1.42. The van der Waals surface area contributed by atoms with Crippen LogP contribution in [0.4, 0.5) is 5.69 Å². The lowest BCUT2D eigenvalue weighted by Crippen LogP contribution is -2.27. The third-order valence-corrected chi connectivity index (χ3v) is 2.87. The highest BCUT2D eigenvalue weighted by molar-refractivity contribution is 6.42. The molecule has 0 spiro atoms. The molecule has 0 unspecified atom stereocenters. The first-order chi connectivity index (χ1) is 7.39. The summed E-state index contributed by atoms with van der Waals surface area (Å²) in [5.41, 5.74) is 0.442. The zero-order chi connectivity index (χ0) is 11.9. The third kappa shape index (κ3) is 2.15. The van der Waals surface area contributed by atoms with E-state index in [0.717, 1.165) is 5.06 Å². The van der Waals surface area contributed by atoms with Crippen molar-refractivity contribution in [3.05, 3.63) is 28.2 Å². The fraction of sp³-hybridized carbons (Fsp3) is 0.300. The van der Waals surface area contributed by atoms with Crippen molar-refractivity contribution >= 4 is 34.8 Å². The number of nitrogens with zero attached hydrogens (tertiary/aromatic N) is 1. The lowest BCUT2D eigenvalue weighted by molar-refractivity contribution is -0.163. The minimum absolute atomic E-state index is 0.0900. The first kappa shape index (κ1) is 11.7. The molecule has 1 aromatic carbocycles. The Hall–Kier alpha value is -0.810. The van der Waals surface area contributed by atoms with Crippen molar-refractivity contribution in [2.24, 2.45) is 0 Å². The number of carbonyl (C=O) groups is 1. The van der Waals surface area contributed by atoms with Crippen molar-refractivity contribution in [3.8, 4) is 0 Å². The second-order valence-electron chi connectivity index (χ2n) is 3.73. The van der Waals surface area contributed by atoms with Gasteiger partial charge in [-0.1, -0.05) is 23.2 Å². The number of amides is 1. The van der Waals surface area contributed by atoms with E-state index in [9.17, 15) is 9.90 Å². The summed E-state index contributed by atoms with van der Waals surface area (Å²) < 4.78 is 0. The lowest BCUT2D eigenvalue weighted by Gasteiger charge is -2.18. The van der Waals surface area contributed by atoms with Crippen molar-refractivity contribution in [1.29, 1.82) is 0 Å². The number of anilines is 1. The first-order valence-corrected chi connectivity index (χ1v) is 5.34. The fourth-order valence-corrected chi connectivity index (χ4v) is 1.73. The van der Waals surface area contributed by atoms with Crippen molar-refractivity contribution in [3.63, 3.8) is 0 Å². The van der Waals surface area contributed by atoms with E-state index in [1.54, 1.807) is 12.1 Å². The van der Waals surface area contributed by atoms with Crippen LogP contribution in [0, 0.1) is 0 Å². The molecule has 4 nitrogen and oxygen atoms in total. The van der Waals surface area contributed by atoms with E-state index < -0.39 is 5.79 Å². The van der Waals surface area contributed by atoms with Crippen LogP contribution in [0.1, 0.15) is 13.3 Å². The van der Waals surface area contributed by atoms with Gasteiger partial charge < -0.3 is 5.11 Å². The SMILES string of the molecule is C[C@]1(O)CC(=O)N(c2ccc(Cl)c(Cl)c2)O1. The molecule has 1 heterocycles. The molecule has 1 aliphatic rings. The maximum Gasteiger partial charge on any atom is 0.256 e. The molecule has 0 saturated carbocycles. The van der Waals surface area contributed by atoms with Gasteiger partial charge in [-0.05, 0) is 25.1 Å². The predicted molar refractivity (Wildman–Crippen MR) is 60.3 cm³/mol. The highest BCUT2D eigenvalue weighted by atomic mass is 35.5. The average molecular weight is 262 g/mol. The van der Waals surface area contributed by atoms with Gasteiger partial charge in [-0.3, -0.25) is 4.79 Å². The summed E-state index contributed by atoms with van der Waals surface area (Å²) in [5, 5.41) is 11.3. The first-order valence-electron chi connectivity index (χ1n) is 4.58. The van der Waals surface area contributed by atoms with Gasteiger partial charge in [-0.15, -0.1) is 0 Å². The summed E-state index contributed by atoms with van der Waals surface area (Å²) >= 11 is 11.6. The molecule has 2 rings (SSSR count). The van der Waals surface area contributed by atoms with Crippen molar-refractivity contribution < 1.29 is 14.7 Å². The van der Waals surface area contributed by atoms with Crippen LogP contribution < -0.4 is 5.06 Å². The molecular formula is C10H9Cl2NO3. The molecule has 0 aromatic heterocycles. The Balaban J connectivity index is 2.32. The number of aliphatic hydroxyl groups is 1. The standard InChI is InChI=1S/C10H9Cl2NO3/c1-10(15)5-9(14)13(16-10)6-2-3-7(11)8(12)4-6/h2-4,15H,5H2,1H3/t10-/m1/s1. The van der Waals surface area contributed by atoms with Gasteiger partial charge in [0.1, 0.15) is 0 Å². The Kier molecular flexibility index (Phi) is 2.84. The molecule has 1 atom stereocenters. The van der Waals surface area contributed by atoms with Gasteiger partial charge in [0.05, 0.1) is 22.2 Å². The largest absolute Gasteiger partial charge is 0.363 e. The monoisotopic (exact) mass is 261 g/mol. The topological polar surface area (TPSA) is 49.8 Å². The van der Waals surface area contributed by atoms with Crippen LogP contribution >= 0.6 is 23.2 Å². The fourth-order valence-electron chi connectivity index (χ4n) is 1.44. The quantitative estimate of drug-likeness (QED) is 0.845. The molecule has 1 fully saturated rings. The minimum Gasteiger partial charge on any atom is -0.363 e. The van der Waals surface area contributed by atoms with E-state index in [1.807, 2.05) is 0 Å². The van der Waals surface area contributed by atoms with Gasteiger partial charge in [-0.2, -0.15) is 5.06 Å². The minimum atomic E-state index is -1.47. The molecule has 86 valence electrons. The Morgan fingerprint density at radius 2 is 2.12 bits per heavy atom. The van der Waals surface area contributed by atoms with Gasteiger partial charge in [0.25, 0.3) is 5.91 Å². The van der Waals surface area contributed by atoms with Gasteiger partial charge in [0.2, 0.25) is 0 Å². The van der Waals surface area contributed by atoms with Crippen LogP contribution in [0.2, 0.25) is 10.0 Å². The predicted octanol–water partition coefficient (Wildman–Crippen LogP) is 2.37. The zero-order valence-corrected chi connectivity index (χ0v) is 9.92. The number of hydrogen-bond donors (Lipinski definition) is 1. The number of halogens is 2. The van der Waals surface area contributed by atoms with Crippen LogP contribution in [-0.4, -0.2) is 16.8 Å². The van der Waals surface area contributed by atoms with Crippen molar-refractivity contribution in [2.75, 3.05) is 5.06 Å². The maximum atomic E-state index is 11.6. The highest BCUT2D eigenvalue weighted by Gasteiger charge is 2.40. The number of benzene rings is 1. The molecule has 1 amide bonds. The van der Waals surface area contributed by atoms with E-state index in [-0.39, 0.29) is 12.3 Å². The molecule has 1 aromatic rings. The van der Waals surface area contributed by atoms with E-state index in [1.165, 1.54) is 13.0 Å². The Labute approximate surface area is 102 Å². The number of rotatable bonds is 1. The van der Waals surface area contributed by atoms with Crippen LogP contribution in [0.15, 0.2) is 18.2 Å². The molecular weight excluding hydrogens is 253 g/mol. The van der Waals surface area contributed by atoms with Crippen LogP contribution in [0.3, 0.4) is 0 Å². The summed E-state index contributed by atoms with van der Waals surface area (Å²) in [5.74, 6) is -1.80. The van der Waals surface area contributed by atoms with E-state index >= 15 is 0 Å². The average Bonchev–Trinajstić information content (AvgIpc) is 2.45. The molecule has 1 aliphatic heterocycles. The second-order valence-corrected chi connectivity index (χ2v) is 4.54. The smallest absolute Gasteiger partial charge is 0.256 e. The number of hydrogen-bond acceptors (Lipinski definition) is 3. The van der Waals surface area contributed by atoms with Gasteiger partial charge in [0.15, 0.2) is 5.79 Å². The van der Waals surface area contributed by atoms with E-state index in [4.69, 9.17) is 28.0 Å². The van der Waals surface area contributed by atoms with Crippen LogP contribution in [-0.2, 0) is 9.63 Å². The molecule has 1 N–H and O–H groups in total. The normalized spacial score (nSPS) is 25.2. The van der Waals surface area contributed by atoms with Gasteiger partial charge >= 0.3 is 0 Å². The van der Waals surface area contributed by atoms with E-state index in [0.29, 0.717) is 15.7 Å². The molecule has 1 saturated heterocycles. The van der Waals surface area contributed by atoms with Crippen molar-refractivity contribution in [1.82, 2.24) is 0 Å². The summed E-state index contributed by atoms with van der Waals surface area (Å²) in [6, 6.07) is 4.65. The molecule has 0 radical (unpaired) electrons. The van der Waals surface area contributed by atoms with Crippen LogP contribution in [0.25, 0.3) is 0 Å². The summed E-state index contributed by atoms with van der Waals surface area (Å²) in [4.78, 5) is 16.6. The van der Waals surface area contributed by atoms with Crippen molar-refractivity contribution in [2.45, 2.75) is 19.1 Å². The third-order valence-electron chi connectivity index (χ3n) is 2.13. The van der Waals surface area contributed by atoms with E-state index in [2.05, 4.69) is 0 Å². The lowest BCUT2D eigenvalue weighted by atomic mass is 10.2. The highest BCUT2D eigenvalue weighted by Crippen LogP contribution is 2.32. The Bertz CT molecular complexity index is 448. The Morgan fingerprint density at radius 3 is 2.62 bits per heavy atom. The maximum absolute atomic E-state index is 11.6. The molecule has 0 aliphatic carbocycles. The molecule has 0 bridgehead atoms. The van der Waals surface area contributed by atoms with Crippen LogP contribution in [0.5, 0.6) is 0 Å². The van der Waals surface area contributed by atoms with Gasteiger partial charge in [0, 0.05) is 0 Å².